The highest BCUT2D eigenvalue weighted by Crippen LogP contribution is 2.37. The van der Waals surface area contributed by atoms with Crippen molar-refractivity contribution in [3.8, 4) is 22.8 Å². The minimum Gasteiger partial charge on any atom is -0.493 e. The van der Waals surface area contributed by atoms with Crippen molar-refractivity contribution in [3.05, 3.63) is 78.0 Å². The summed E-state index contributed by atoms with van der Waals surface area (Å²) >= 11 is 0. The van der Waals surface area contributed by atoms with Crippen molar-refractivity contribution in [2.45, 2.75) is 44.6 Å². The molecular formula is C31H32N4O4. The maximum Gasteiger partial charge on any atom is 0.261 e. The third-order valence-corrected chi connectivity index (χ3v) is 7.57. The molecule has 1 saturated carbocycles. The van der Waals surface area contributed by atoms with Crippen LogP contribution in [0.25, 0.3) is 16.9 Å². The fourth-order valence-corrected chi connectivity index (χ4v) is 5.56. The average molecular weight is 525 g/mol. The lowest BCUT2D eigenvalue weighted by Crippen LogP contribution is -2.31. The van der Waals surface area contributed by atoms with Gasteiger partial charge in [0, 0.05) is 24.3 Å². The van der Waals surface area contributed by atoms with Gasteiger partial charge in [0.15, 0.2) is 11.5 Å². The van der Waals surface area contributed by atoms with Crippen LogP contribution in [0.1, 0.15) is 59.2 Å². The van der Waals surface area contributed by atoms with Crippen LogP contribution >= 0.6 is 0 Å². The molecular weight excluding hydrogens is 492 g/mol. The summed E-state index contributed by atoms with van der Waals surface area (Å²) < 4.78 is 13.8. The lowest BCUT2D eigenvalue weighted by molar-refractivity contribution is 0.0646. The summed E-state index contributed by atoms with van der Waals surface area (Å²) in [4.78, 5) is 31.4. The van der Waals surface area contributed by atoms with Crippen molar-refractivity contribution in [1.82, 2.24) is 14.3 Å². The minimum atomic E-state index is -0.248. The van der Waals surface area contributed by atoms with E-state index in [-0.39, 0.29) is 11.8 Å². The van der Waals surface area contributed by atoms with Gasteiger partial charge in [0.25, 0.3) is 11.8 Å². The monoisotopic (exact) mass is 524 g/mol. The Balaban J connectivity index is 1.16. The number of rotatable bonds is 9. The molecule has 1 fully saturated rings. The third kappa shape index (κ3) is 4.82. The molecule has 6 rings (SSSR count). The number of anilines is 1. The highest BCUT2D eigenvalue weighted by atomic mass is 16.5. The Morgan fingerprint density at radius 2 is 1.67 bits per heavy atom. The fourth-order valence-electron chi connectivity index (χ4n) is 5.56. The van der Waals surface area contributed by atoms with E-state index in [1.165, 1.54) is 24.2 Å². The summed E-state index contributed by atoms with van der Waals surface area (Å²) in [5.41, 5.74) is 3.63. The molecule has 2 aromatic carbocycles. The van der Waals surface area contributed by atoms with E-state index in [0.717, 1.165) is 35.6 Å². The molecule has 0 spiro atoms. The molecule has 2 aromatic heterocycles. The summed E-state index contributed by atoms with van der Waals surface area (Å²) in [6.45, 7) is 0.635. The number of amides is 2. The normalized spacial score (nSPS) is 15.6. The van der Waals surface area contributed by atoms with Crippen molar-refractivity contribution in [2.75, 3.05) is 25.6 Å². The topological polar surface area (TPSA) is 85.2 Å². The Morgan fingerprint density at radius 3 is 2.41 bits per heavy atom. The lowest BCUT2D eigenvalue weighted by Gasteiger charge is -2.24. The molecule has 0 saturated heterocycles. The number of aromatic nitrogens is 2. The molecule has 1 N–H and O–H groups in total. The number of methoxy groups -OCH3 is 1. The first-order valence-corrected chi connectivity index (χ1v) is 13.6. The zero-order valence-corrected chi connectivity index (χ0v) is 22.1. The first-order valence-electron chi connectivity index (χ1n) is 13.6. The molecule has 1 aliphatic heterocycles. The zero-order valence-electron chi connectivity index (χ0n) is 22.1. The van der Waals surface area contributed by atoms with E-state index in [2.05, 4.69) is 9.72 Å². The van der Waals surface area contributed by atoms with Gasteiger partial charge < -0.3 is 14.8 Å². The van der Waals surface area contributed by atoms with E-state index in [1.807, 2.05) is 42.6 Å². The number of imidazole rings is 1. The predicted molar refractivity (Wildman–Crippen MR) is 150 cm³/mol. The number of hydrogen-bond acceptors (Lipinski definition) is 6. The van der Waals surface area contributed by atoms with Crippen LogP contribution in [0, 0.1) is 0 Å². The van der Waals surface area contributed by atoms with Gasteiger partial charge in [-0.3, -0.25) is 18.9 Å². The largest absolute Gasteiger partial charge is 0.493 e. The molecule has 0 bridgehead atoms. The van der Waals surface area contributed by atoms with Crippen molar-refractivity contribution in [2.24, 2.45) is 0 Å². The molecule has 0 atom stereocenters. The molecule has 0 radical (unpaired) electrons. The van der Waals surface area contributed by atoms with Crippen LogP contribution < -0.4 is 14.8 Å². The summed E-state index contributed by atoms with van der Waals surface area (Å²) in [5, 5.41) is 3.77. The van der Waals surface area contributed by atoms with Crippen molar-refractivity contribution >= 4 is 23.3 Å². The molecule has 200 valence electrons. The van der Waals surface area contributed by atoms with Gasteiger partial charge in [-0.05, 0) is 61.7 Å². The molecule has 1 aliphatic carbocycles. The van der Waals surface area contributed by atoms with Crippen LogP contribution in [-0.2, 0) is 0 Å². The van der Waals surface area contributed by atoms with Gasteiger partial charge in [-0.1, -0.05) is 37.5 Å². The van der Waals surface area contributed by atoms with Gasteiger partial charge in [0.05, 0.1) is 24.8 Å². The van der Waals surface area contributed by atoms with E-state index in [1.54, 1.807) is 31.4 Å². The quantitative estimate of drug-likeness (QED) is 0.219. The van der Waals surface area contributed by atoms with Gasteiger partial charge in [0.2, 0.25) is 0 Å². The summed E-state index contributed by atoms with van der Waals surface area (Å²) in [7, 11) is 1.62. The van der Waals surface area contributed by atoms with Crippen molar-refractivity contribution < 1.29 is 19.1 Å². The van der Waals surface area contributed by atoms with E-state index >= 15 is 0 Å². The molecule has 39 heavy (non-hydrogen) atoms. The number of carbonyl (C=O) groups excluding carboxylic acids is 2. The van der Waals surface area contributed by atoms with Crippen LogP contribution in [0.3, 0.4) is 0 Å². The van der Waals surface area contributed by atoms with Crippen LogP contribution in [0.4, 0.5) is 5.82 Å². The molecule has 2 aliphatic rings. The second-order valence-electron chi connectivity index (χ2n) is 10.1. The fraction of sp³-hybridized carbons (Fsp3) is 0.323. The van der Waals surface area contributed by atoms with Gasteiger partial charge >= 0.3 is 0 Å². The summed E-state index contributed by atoms with van der Waals surface area (Å²) in [6.07, 6.45) is 8.67. The lowest BCUT2D eigenvalue weighted by atomic mass is 9.95. The first kappa shape index (κ1) is 25.0. The second kappa shape index (κ2) is 10.8. The Hall–Kier alpha value is -4.33. The third-order valence-electron chi connectivity index (χ3n) is 7.57. The Kier molecular flexibility index (Phi) is 6.92. The average Bonchev–Trinajstić information content (AvgIpc) is 3.46. The SMILES string of the molecule is COc1cc(-c2nc3ccccn3c2NC2CCCCC2)ccc1OCCCN1C(=O)c2ccccc2C1=O. The second-order valence-corrected chi connectivity index (χ2v) is 10.1. The summed E-state index contributed by atoms with van der Waals surface area (Å²) in [5.74, 6) is 1.71. The number of fused-ring (bicyclic) bond motifs is 2. The molecule has 4 aromatic rings. The number of nitrogens with zero attached hydrogens (tertiary/aromatic N) is 3. The van der Waals surface area contributed by atoms with Crippen molar-refractivity contribution in [1.29, 1.82) is 0 Å². The first-order chi connectivity index (χ1) is 19.1. The number of carbonyl (C=O) groups is 2. The molecule has 0 unspecified atom stereocenters. The van der Waals surface area contributed by atoms with E-state index in [4.69, 9.17) is 14.5 Å². The molecule has 2 amide bonds. The highest BCUT2D eigenvalue weighted by molar-refractivity contribution is 6.21. The van der Waals surface area contributed by atoms with Crippen LogP contribution in [0.2, 0.25) is 0 Å². The minimum absolute atomic E-state index is 0.248. The zero-order chi connectivity index (χ0) is 26.8. The van der Waals surface area contributed by atoms with Gasteiger partial charge in [-0.25, -0.2) is 4.98 Å². The Morgan fingerprint density at radius 1 is 0.923 bits per heavy atom. The number of imide groups is 1. The Bertz CT molecular complexity index is 1490. The van der Waals surface area contributed by atoms with E-state index in [9.17, 15) is 9.59 Å². The standard InChI is InChI=1S/C31H32N4O4/c1-38-26-20-21(28-29(32-22-10-3-2-4-11-22)34-17-8-7-14-27(34)33-28)15-16-25(26)39-19-9-18-35-30(36)23-12-5-6-13-24(23)31(35)37/h5-8,12-17,20,22,32H,2-4,9-11,18-19H2,1H3. The number of hydrogen-bond donors (Lipinski definition) is 1. The smallest absolute Gasteiger partial charge is 0.261 e. The Labute approximate surface area is 227 Å². The van der Waals surface area contributed by atoms with Crippen LogP contribution in [0.5, 0.6) is 11.5 Å². The van der Waals surface area contributed by atoms with Gasteiger partial charge in [0.1, 0.15) is 17.2 Å². The number of nitrogens with one attached hydrogen (secondary N) is 1. The van der Waals surface area contributed by atoms with Crippen LogP contribution in [-0.4, -0.2) is 52.4 Å². The van der Waals surface area contributed by atoms with Gasteiger partial charge in [-0.2, -0.15) is 0 Å². The highest BCUT2D eigenvalue weighted by Gasteiger charge is 2.34. The number of ether oxygens (including phenoxy) is 2. The maximum absolute atomic E-state index is 12.6. The molecule has 8 heteroatoms. The molecule has 8 nitrogen and oxygen atoms in total. The summed E-state index contributed by atoms with van der Waals surface area (Å²) in [6, 6.07) is 19.2. The molecule has 3 heterocycles. The van der Waals surface area contributed by atoms with Crippen molar-refractivity contribution in [3.63, 3.8) is 0 Å². The number of pyridine rings is 1. The van der Waals surface area contributed by atoms with Gasteiger partial charge in [-0.15, -0.1) is 0 Å². The number of benzene rings is 2. The van der Waals surface area contributed by atoms with E-state index < -0.39 is 0 Å². The maximum atomic E-state index is 12.6. The van der Waals surface area contributed by atoms with Crippen LogP contribution in [0.15, 0.2) is 66.9 Å². The van der Waals surface area contributed by atoms with E-state index in [0.29, 0.717) is 48.2 Å². The predicted octanol–water partition coefficient (Wildman–Crippen LogP) is 5.82.